The van der Waals surface area contributed by atoms with E-state index in [9.17, 15) is 13.2 Å². The first-order valence-corrected chi connectivity index (χ1v) is 12.5. The van der Waals surface area contributed by atoms with E-state index in [1.54, 1.807) is 28.6 Å². The molecular formula is C25H26N4O3S. The van der Waals surface area contributed by atoms with Gasteiger partial charge in [0.05, 0.1) is 4.90 Å². The van der Waals surface area contributed by atoms with E-state index in [0.717, 1.165) is 29.3 Å². The van der Waals surface area contributed by atoms with Crippen molar-refractivity contribution in [1.82, 2.24) is 14.6 Å². The molecule has 1 aliphatic carbocycles. The van der Waals surface area contributed by atoms with E-state index in [1.807, 2.05) is 36.5 Å². The summed E-state index contributed by atoms with van der Waals surface area (Å²) >= 11 is 0. The van der Waals surface area contributed by atoms with Gasteiger partial charge < -0.3 is 10.6 Å². The van der Waals surface area contributed by atoms with E-state index in [1.165, 1.54) is 6.08 Å². The Morgan fingerprint density at radius 1 is 1.03 bits per heavy atom. The van der Waals surface area contributed by atoms with E-state index in [-0.39, 0.29) is 28.7 Å². The molecule has 8 heteroatoms. The standard InChI is InChI=1S/C25H26N4O3S/c1-2-25(30)28-22-11-19-15-29(16-20(19)12-22)33(31,32)23-9-7-21(8-10-23)27-24-13-17-5-3-4-6-18(17)14-26-24/h2-10,13-14,19-20,22H,1,11-12,15-16H2,(H,26,27)(H,28,30). The van der Waals surface area contributed by atoms with Gasteiger partial charge in [0.25, 0.3) is 0 Å². The molecule has 1 amide bonds. The molecule has 1 saturated heterocycles. The van der Waals surface area contributed by atoms with Gasteiger partial charge in [0.1, 0.15) is 5.82 Å². The SMILES string of the molecule is C=CC(=O)NC1CC2CN(S(=O)(=O)c3ccc(Nc4cc5ccccc5cn4)cc3)CC2C1. The topological polar surface area (TPSA) is 91.4 Å². The molecule has 2 aliphatic rings. The highest BCUT2D eigenvalue weighted by atomic mass is 32.2. The zero-order valence-electron chi connectivity index (χ0n) is 18.1. The lowest BCUT2D eigenvalue weighted by Gasteiger charge is -2.19. The van der Waals surface area contributed by atoms with Crippen molar-refractivity contribution in [1.29, 1.82) is 0 Å². The van der Waals surface area contributed by atoms with Crippen molar-refractivity contribution in [2.75, 3.05) is 18.4 Å². The number of pyridine rings is 1. The minimum Gasteiger partial charge on any atom is -0.350 e. The van der Waals surface area contributed by atoms with Crippen LogP contribution in [0.2, 0.25) is 0 Å². The van der Waals surface area contributed by atoms with Gasteiger partial charge >= 0.3 is 0 Å². The fraction of sp³-hybridized carbons (Fsp3) is 0.280. The van der Waals surface area contributed by atoms with Crippen LogP contribution in [0.15, 0.2) is 78.3 Å². The molecule has 1 aromatic heterocycles. The van der Waals surface area contributed by atoms with Gasteiger partial charge in [0.2, 0.25) is 15.9 Å². The Morgan fingerprint density at radius 3 is 2.36 bits per heavy atom. The summed E-state index contributed by atoms with van der Waals surface area (Å²) in [5, 5.41) is 8.33. The summed E-state index contributed by atoms with van der Waals surface area (Å²) in [7, 11) is -3.56. The van der Waals surface area contributed by atoms with Crippen molar-refractivity contribution in [3.8, 4) is 0 Å². The highest BCUT2D eigenvalue weighted by Crippen LogP contribution is 2.40. The number of sulfonamides is 1. The first-order valence-electron chi connectivity index (χ1n) is 11.1. The van der Waals surface area contributed by atoms with E-state index in [2.05, 4.69) is 22.2 Å². The second-order valence-electron chi connectivity index (χ2n) is 8.79. The number of nitrogens with zero attached hydrogens (tertiary/aromatic N) is 2. The van der Waals surface area contributed by atoms with E-state index < -0.39 is 10.0 Å². The summed E-state index contributed by atoms with van der Waals surface area (Å²) in [6.45, 7) is 4.48. The summed E-state index contributed by atoms with van der Waals surface area (Å²) in [6.07, 6.45) is 4.70. The average Bonchev–Trinajstić information content (AvgIpc) is 3.38. The maximum Gasteiger partial charge on any atom is 0.243 e. The monoisotopic (exact) mass is 462 g/mol. The minimum atomic E-state index is -3.56. The largest absolute Gasteiger partial charge is 0.350 e. The van der Waals surface area contributed by atoms with Gasteiger partial charge in [-0.05, 0) is 66.5 Å². The van der Waals surface area contributed by atoms with Crippen LogP contribution in [0.5, 0.6) is 0 Å². The second-order valence-corrected chi connectivity index (χ2v) is 10.7. The fourth-order valence-electron chi connectivity index (χ4n) is 4.99. The number of nitrogens with one attached hydrogen (secondary N) is 2. The quantitative estimate of drug-likeness (QED) is 0.546. The van der Waals surface area contributed by atoms with Crippen molar-refractivity contribution >= 4 is 38.2 Å². The highest BCUT2D eigenvalue weighted by Gasteiger charge is 2.45. The van der Waals surface area contributed by atoms with E-state index in [0.29, 0.717) is 18.9 Å². The number of aromatic nitrogens is 1. The van der Waals surface area contributed by atoms with Crippen LogP contribution in [0.25, 0.3) is 10.8 Å². The van der Waals surface area contributed by atoms with E-state index in [4.69, 9.17) is 0 Å². The van der Waals surface area contributed by atoms with Gasteiger partial charge in [0.15, 0.2) is 0 Å². The van der Waals surface area contributed by atoms with Crippen LogP contribution in [0.1, 0.15) is 12.8 Å². The molecule has 1 aliphatic heterocycles. The Bertz CT molecular complexity index is 1290. The van der Waals surface area contributed by atoms with Crippen LogP contribution >= 0.6 is 0 Å². The third-order valence-electron chi connectivity index (χ3n) is 6.64. The number of anilines is 2. The molecule has 2 N–H and O–H groups in total. The number of amides is 1. The molecule has 170 valence electrons. The number of fused-ring (bicyclic) bond motifs is 2. The molecule has 1 saturated carbocycles. The maximum absolute atomic E-state index is 13.2. The summed E-state index contributed by atoms with van der Waals surface area (Å²) in [4.78, 5) is 16.3. The molecule has 0 spiro atoms. The van der Waals surface area contributed by atoms with Gasteiger partial charge in [-0.3, -0.25) is 4.79 Å². The predicted molar refractivity (Wildman–Crippen MR) is 129 cm³/mol. The number of benzene rings is 2. The Morgan fingerprint density at radius 2 is 1.70 bits per heavy atom. The second kappa shape index (κ2) is 8.61. The third kappa shape index (κ3) is 4.36. The third-order valence-corrected chi connectivity index (χ3v) is 8.49. The van der Waals surface area contributed by atoms with Crippen LogP contribution in [-0.2, 0) is 14.8 Å². The Labute approximate surface area is 193 Å². The molecule has 2 atom stereocenters. The zero-order valence-corrected chi connectivity index (χ0v) is 19.0. The zero-order chi connectivity index (χ0) is 23.0. The van der Waals surface area contributed by atoms with Gasteiger partial charge in [-0.2, -0.15) is 4.31 Å². The smallest absolute Gasteiger partial charge is 0.243 e. The molecule has 7 nitrogen and oxygen atoms in total. The van der Waals surface area contributed by atoms with Crippen molar-refractivity contribution < 1.29 is 13.2 Å². The molecule has 2 aromatic carbocycles. The molecular weight excluding hydrogens is 436 g/mol. The van der Waals surface area contributed by atoms with Gasteiger partial charge in [-0.1, -0.05) is 30.8 Å². The number of carbonyl (C=O) groups is 1. The Balaban J connectivity index is 1.24. The lowest BCUT2D eigenvalue weighted by atomic mass is 10.0. The molecule has 2 fully saturated rings. The van der Waals surface area contributed by atoms with Crippen LogP contribution in [-0.4, -0.2) is 42.7 Å². The van der Waals surface area contributed by atoms with Gasteiger partial charge in [-0.25, -0.2) is 13.4 Å². The average molecular weight is 463 g/mol. The van der Waals surface area contributed by atoms with E-state index >= 15 is 0 Å². The lowest BCUT2D eigenvalue weighted by molar-refractivity contribution is -0.117. The van der Waals surface area contributed by atoms with Crippen molar-refractivity contribution in [2.45, 2.75) is 23.8 Å². The Hall–Kier alpha value is -3.23. The molecule has 33 heavy (non-hydrogen) atoms. The molecule has 0 radical (unpaired) electrons. The van der Waals surface area contributed by atoms with Gasteiger partial charge in [-0.15, -0.1) is 0 Å². The number of carbonyl (C=O) groups excluding carboxylic acids is 1. The highest BCUT2D eigenvalue weighted by molar-refractivity contribution is 7.89. The molecule has 5 rings (SSSR count). The lowest BCUT2D eigenvalue weighted by Crippen LogP contribution is -2.35. The van der Waals surface area contributed by atoms with Crippen LogP contribution in [0, 0.1) is 11.8 Å². The number of hydrogen-bond acceptors (Lipinski definition) is 5. The minimum absolute atomic E-state index is 0.101. The normalized spacial score (nSPS) is 22.7. The Kier molecular flexibility index (Phi) is 5.64. The predicted octanol–water partition coefficient (Wildman–Crippen LogP) is 3.68. The van der Waals surface area contributed by atoms with Crippen LogP contribution in [0.4, 0.5) is 11.5 Å². The first kappa shape index (κ1) is 21.6. The van der Waals surface area contributed by atoms with Crippen molar-refractivity contribution in [2.24, 2.45) is 11.8 Å². The summed E-state index contributed by atoms with van der Waals surface area (Å²) in [5.41, 5.74) is 0.774. The van der Waals surface area contributed by atoms with Crippen LogP contribution < -0.4 is 10.6 Å². The van der Waals surface area contributed by atoms with Crippen LogP contribution in [0.3, 0.4) is 0 Å². The summed E-state index contributed by atoms with van der Waals surface area (Å²) in [5.74, 6) is 1.08. The molecule has 0 bridgehead atoms. The van der Waals surface area contributed by atoms with Crippen molar-refractivity contribution in [3.05, 3.63) is 73.4 Å². The van der Waals surface area contributed by atoms with Gasteiger partial charge in [0, 0.05) is 36.4 Å². The van der Waals surface area contributed by atoms with Crippen molar-refractivity contribution in [3.63, 3.8) is 0 Å². The maximum atomic E-state index is 13.2. The molecule has 2 heterocycles. The molecule has 2 unspecified atom stereocenters. The first-order chi connectivity index (χ1) is 15.9. The number of rotatable bonds is 6. The molecule has 3 aromatic rings. The number of hydrogen-bond donors (Lipinski definition) is 2. The summed E-state index contributed by atoms with van der Waals surface area (Å²) < 4.78 is 28.0. The summed E-state index contributed by atoms with van der Waals surface area (Å²) in [6, 6.07) is 16.9. The fourth-order valence-corrected chi connectivity index (χ4v) is 6.54.